The minimum absolute atomic E-state index is 0.163. The number of ether oxygens (including phenoxy) is 1. The maximum absolute atomic E-state index is 12.8. The Balaban J connectivity index is 2.42. The monoisotopic (exact) mass is 354 g/mol. The number of hydrogen-bond acceptors (Lipinski definition) is 4. The van der Waals surface area contributed by atoms with Crippen LogP contribution < -0.4 is 9.04 Å². The molecule has 134 valence electrons. The van der Waals surface area contributed by atoms with Gasteiger partial charge < -0.3 is 9.64 Å². The van der Waals surface area contributed by atoms with Crippen LogP contribution >= 0.6 is 0 Å². The first-order chi connectivity index (χ1) is 11.3. The van der Waals surface area contributed by atoms with Crippen LogP contribution in [0, 0.1) is 6.92 Å². The van der Waals surface area contributed by atoms with Crippen molar-refractivity contribution >= 4 is 21.6 Å². The van der Waals surface area contributed by atoms with Gasteiger partial charge in [-0.05, 0) is 50.8 Å². The number of piperidine rings is 1. The van der Waals surface area contributed by atoms with Crippen LogP contribution in [0.1, 0.15) is 31.7 Å². The maximum atomic E-state index is 12.8. The molecule has 7 heteroatoms. The first kappa shape index (κ1) is 18.6. The van der Waals surface area contributed by atoms with Gasteiger partial charge in [-0.1, -0.05) is 6.07 Å². The predicted octanol–water partition coefficient (Wildman–Crippen LogP) is 2.17. The van der Waals surface area contributed by atoms with Gasteiger partial charge in [0.05, 0.1) is 19.1 Å². The van der Waals surface area contributed by atoms with Gasteiger partial charge >= 0.3 is 0 Å². The Bertz CT molecular complexity index is 697. The fraction of sp³-hybridized carbons (Fsp3) is 0.588. The first-order valence-corrected chi connectivity index (χ1v) is 10.0. The molecular weight excluding hydrogens is 328 g/mol. The van der Waals surface area contributed by atoms with Crippen molar-refractivity contribution in [3.63, 3.8) is 0 Å². The van der Waals surface area contributed by atoms with E-state index in [0.29, 0.717) is 24.5 Å². The standard InChI is InChI=1S/C17H26N2O4S/c1-13-8-9-16(23-3)15(12-13)19(24(4,21)22)14(2)17(20)18-10-6-5-7-11-18/h8-9,12,14H,5-7,10-11H2,1-4H3/t14-/m1/s1. The molecule has 0 N–H and O–H groups in total. The Morgan fingerprint density at radius 2 is 1.88 bits per heavy atom. The minimum atomic E-state index is -3.64. The molecule has 1 amide bonds. The van der Waals surface area contributed by atoms with Crippen LogP contribution in [-0.4, -0.2) is 51.7 Å². The van der Waals surface area contributed by atoms with E-state index < -0.39 is 16.1 Å². The fourth-order valence-corrected chi connectivity index (χ4v) is 4.29. The van der Waals surface area contributed by atoms with Crippen LogP contribution in [0.4, 0.5) is 5.69 Å². The van der Waals surface area contributed by atoms with Crippen LogP contribution in [-0.2, 0) is 14.8 Å². The fourth-order valence-electron chi connectivity index (χ4n) is 3.13. The molecule has 1 fully saturated rings. The first-order valence-electron chi connectivity index (χ1n) is 8.18. The molecule has 1 aliphatic heterocycles. The highest BCUT2D eigenvalue weighted by Gasteiger charge is 2.34. The Morgan fingerprint density at radius 3 is 2.42 bits per heavy atom. The predicted molar refractivity (Wildman–Crippen MR) is 94.9 cm³/mol. The highest BCUT2D eigenvalue weighted by molar-refractivity contribution is 7.92. The number of aryl methyl sites for hydroxylation is 1. The molecule has 0 saturated carbocycles. The second kappa shape index (κ2) is 7.42. The average Bonchev–Trinajstić information content (AvgIpc) is 2.54. The summed E-state index contributed by atoms with van der Waals surface area (Å²) >= 11 is 0. The van der Waals surface area contributed by atoms with Gasteiger partial charge in [0.15, 0.2) is 0 Å². The number of methoxy groups -OCH3 is 1. The molecule has 0 unspecified atom stereocenters. The maximum Gasteiger partial charge on any atom is 0.246 e. The van der Waals surface area contributed by atoms with E-state index in [9.17, 15) is 13.2 Å². The van der Waals surface area contributed by atoms with Gasteiger partial charge in [-0.25, -0.2) is 8.42 Å². The smallest absolute Gasteiger partial charge is 0.246 e. The van der Waals surface area contributed by atoms with Crippen molar-refractivity contribution in [3.05, 3.63) is 23.8 Å². The van der Waals surface area contributed by atoms with Crippen LogP contribution in [0.15, 0.2) is 18.2 Å². The van der Waals surface area contributed by atoms with Crippen molar-refractivity contribution < 1.29 is 17.9 Å². The van der Waals surface area contributed by atoms with E-state index >= 15 is 0 Å². The molecule has 1 heterocycles. The molecule has 1 aromatic rings. The number of carbonyl (C=O) groups excluding carboxylic acids is 1. The summed E-state index contributed by atoms with van der Waals surface area (Å²) in [6.45, 7) is 4.89. The zero-order chi connectivity index (χ0) is 17.9. The molecule has 1 aromatic carbocycles. The van der Waals surface area contributed by atoms with Gasteiger partial charge in [0.2, 0.25) is 15.9 Å². The quantitative estimate of drug-likeness (QED) is 0.813. The third-order valence-electron chi connectivity index (χ3n) is 4.31. The van der Waals surface area contributed by atoms with E-state index in [1.54, 1.807) is 24.0 Å². The third kappa shape index (κ3) is 4.01. The van der Waals surface area contributed by atoms with Crippen LogP contribution in [0.25, 0.3) is 0 Å². The Hall–Kier alpha value is -1.76. The van der Waals surface area contributed by atoms with Gasteiger partial charge in [-0.2, -0.15) is 0 Å². The number of rotatable bonds is 5. The van der Waals surface area contributed by atoms with E-state index in [1.165, 1.54) is 11.4 Å². The average molecular weight is 354 g/mol. The van der Waals surface area contributed by atoms with Crippen molar-refractivity contribution in [1.82, 2.24) is 4.90 Å². The van der Waals surface area contributed by atoms with Crippen LogP contribution in [0.3, 0.4) is 0 Å². The lowest BCUT2D eigenvalue weighted by atomic mass is 10.1. The Morgan fingerprint density at radius 1 is 1.25 bits per heavy atom. The number of benzene rings is 1. The van der Waals surface area contributed by atoms with E-state index in [1.807, 2.05) is 13.0 Å². The van der Waals surface area contributed by atoms with Crippen molar-refractivity contribution in [2.24, 2.45) is 0 Å². The van der Waals surface area contributed by atoms with Crippen LogP contribution in [0.5, 0.6) is 5.75 Å². The van der Waals surface area contributed by atoms with E-state index in [-0.39, 0.29) is 5.91 Å². The summed E-state index contributed by atoms with van der Waals surface area (Å²) in [6, 6.07) is 4.49. The van der Waals surface area contributed by atoms with Gasteiger partial charge in [0, 0.05) is 13.1 Å². The second-order valence-electron chi connectivity index (χ2n) is 6.30. The summed E-state index contributed by atoms with van der Waals surface area (Å²) in [5.41, 5.74) is 1.30. The molecule has 0 aliphatic carbocycles. The molecule has 0 aromatic heterocycles. The van der Waals surface area contributed by atoms with Gasteiger partial charge in [-0.3, -0.25) is 9.10 Å². The number of nitrogens with zero attached hydrogens (tertiary/aromatic N) is 2. The number of likely N-dealkylation sites (tertiary alicyclic amines) is 1. The van der Waals surface area contributed by atoms with E-state index in [0.717, 1.165) is 31.1 Å². The third-order valence-corrected chi connectivity index (χ3v) is 5.53. The zero-order valence-corrected chi connectivity index (χ0v) is 15.6. The largest absolute Gasteiger partial charge is 0.495 e. The lowest BCUT2D eigenvalue weighted by molar-refractivity contribution is -0.132. The molecule has 0 radical (unpaired) electrons. The highest BCUT2D eigenvalue weighted by Crippen LogP contribution is 2.33. The van der Waals surface area contributed by atoms with Crippen molar-refractivity contribution in [2.45, 2.75) is 39.2 Å². The molecule has 1 atom stereocenters. The van der Waals surface area contributed by atoms with Gasteiger partial charge in [0.1, 0.15) is 11.8 Å². The molecular formula is C17H26N2O4S. The van der Waals surface area contributed by atoms with Crippen molar-refractivity contribution in [3.8, 4) is 5.75 Å². The Labute approximate surface area is 144 Å². The number of anilines is 1. The molecule has 0 spiro atoms. The summed E-state index contributed by atoms with van der Waals surface area (Å²) in [5, 5.41) is 0. The summed E-state index contributed by atoms with van der Waals surface area (Å²) in [5.74, 6) is 0.271. The summed E-state index contributed by atoms with van der Waals surface area (Å²) in [4.78, 5) is 14.6. The van der Waals surface area contributed by atoms with Crippen molar-refractivity contribution in [2.75, 3.05) is 30.8 Å². The van der Waals surface area contributed by atoms with Crippen LogP contribution in [0.2, 0.25) is 0 Å². The SMILES string of the molecule is COc1ccc(C)cc1N([C@H](C)C(=O)N1CCCCC1)S(C)(=O)=O. The second-order valence-corrected chi connectivity index (χ2v) is 8.16. The summed E-state index contributed by atoms with van der Waals surface area (Å²) < 4.78 is 31.4. The minimum Gasteiger partial charge on any atom is -0.495 e. The number of sulfonamides is 1. The molecule has 24 heavy (non-hydrogen) atoms. The number of hydrogen-bond donors (Lipinski definition) is 0. The molecule has 0 bridgehead atoms. The number of carbonyl (C=O) groups is 1. The molecule has 6 nitrogen and oxygen atoms in total. The normalized spacial score (nSPS) is 16.6. The molecule has 2 rings (SSSR count). The van der Waals surface area contributed by atoms with Gasteiger partial charge in [-0.15, -0.1) is 0 Å². The molecule has 1 aliphatic rings. The lowest BCUT2D eigenvalue weighted by Gasteiger charge is -2.35. The van der Waals surface area contributed by atoms with E-state index in [4.69, 9.17) is 4.74 Å². The number of amides is 1. The highest BCUT2D eigenvalue weighted by atomic mass is 32.2. The summed E-state index contributed by atoms with van der Waals surface area (Å²) in [6.07, 6.45) is 4.16. The van der Waals surface area contributed by atoms with E-state index in [2.05, 4.69) is 0 Å². The summed E-state index contributed by atoms with van der Waals surface area (Å²) in [7, 11) is -2.15. The van der Waals surface area contributed by atoms with Crippen molar-refractivity contribution in [1.29, 1.82) is 0 Å². The van der Waals surface area contributed by atoms with Gasteiger partial charge in [0.25, 0.3) is 0 Å². The zero-order valence-electron chi connectivity index (χ0n) is 14.8. The molecule has 1 saturated heterocycles. The Kier molecular flexibility index (Phi) is 5.74. The lowest BCUT2D eigenvalue weighted by Crippen LogP contribution is -2.50. The topological polar surface area (TPSA) is 66.9 Å².